The van der Waals surface area contributed by atoms with E-state index in [0.29, 0.717) is 6.61 Å². The first-order valence-corrected chi connectivity index (χ1v) is 7.19. The zero-order valence-corrected chi connectivity index (χ0v) is 12.8. The maximum Gasteiger partial charge on any atom is 0.119 e. The van der Waals surface area contributed by atoms with E-state index in [4.69, 9.17) is 9.47 Å². The third-order valence-corrected chi connectivity index (χ3v) is 3.77. The van der Waals surface area contributed by atoms with Crippen LogP contribution in [0, 0.1) is 6.92 Å². The number of ether oxygens (including phenoxy) is 2. The lowest BCUT2D eigenvalue weighted by atomic mass is 10.3. The fourth-order valence-corrected chi connectivity index (χ4v) is 2.42. The van der Waals surface area contributed by atoms with Crippen LogP contribution >= 0.6 is 11.5 Å². The van der Waals surface area contributed by atoms with Gasteiger partial charge in [-0.15, -0.1) is 5.10 Å². The lowest BCUT2D eigenvalue weighted by molar-refractivity contribution is 0.233. The maximum absolute atomic E-state index is 5.70. The SMILES string of the molecule is COc1ccc(OCCN(C)Cc2snnc2C)cc1. The summed E-state index contributed by atoms with van der Waals surface area (Å²) >= 11 is 1.45. The Bertz CT molecular complexity index is 527. The van der Waals surface area contributed by atoms with Crippen LogP contribution in [0.2, 0.25) is 0 Å². The molecule has 1 heterocycles. The van der Waals surface area contributed by atoms with E-state index in [1.54, 1.807) is 7.11 Å². The highest BCUT2D eigenvalue weighted by Gasteiger charge is 2.07. The minimum absolute atomic E-state index is 0.647. The van der Waals surface area contributed by atoms with Crippen molar-refractivity contribution in [2.75, 3.05) is 27.3 Å². The van der Waals surface area contributed by atoms with Crippen LogP contribution in [0.3, 0.4) is 0 Å². The van der Waals surface area contributed by atoms with Crippen molar-refractivity contribution in [3.63, 3.8) is 0 Å². The normalized spacial score (nSPS) is 10.8. The second-order valence-corrected chi connectivity index (χ2v) is 5.38. The molecule has 0 radical (unpaired) electrons. The highest BCUT2D eigenvalue weighted by molar-refractivity contribution is 7.05. The van der Waals surface area contributed by atoms with Crippen LogP contribution in [0.15, 0.2) is 24.3 Å². The van der Waals surface area contributed by atoms with Gasteiger partial charge in [-0.3, -0.25) is 4.90 Å². The van der Waals surface area contributed by atoms with Gasteiger partial charge in [0, 0.05) is 13.1 Å². The molecule has 20 heavy (non-hydrogen) atoms. The van der Waals surface area contributed by atoms with E-state index < -0.39 is 0 Å². The fraction of sp³-hybridized carbons (Fsp3) is 0.429. The first-order chi connectivity index (χ1) is 9.69. The number of aryl methyl sites for hydroxylation is 1. The highest BCUT2D eigenvalue weighted by atomic mass is 32.1. The monoisotopic (exact) mass is 293 g/mol. The number of hydrogen-bond acceptors (Lipinski definition) is 6. The van der Waals surface area contributed by atoms with E-state index in [1.165, 1.54) is 16.4 Å². The summed E-state index contributed by atoms with van der Waals surface area (Å²) < 4.78 is 14.7. The molecule has 0 saturated heterocycles. The van der Waals surface area contributed by atoms with E-state index in [1.807, 2.05) is 31.2 Å². The molecule has 0 bridgehead atoms. The molecule has 0 aliphatic carbocycles. The Morgan fingerprint density at radius 1 is 1.20 bits per heavy atom. The Kier molecular flexibility index (Phi) is 5.31. The summed E-state index contributed by atoms with van der Waals surface area (Å²) in [4.78, 5) is 3.41. The molecule has 5 nitrogen and oxygen atoms in total. The van der Waals surface area contributed by atoms with Crippen molar-refractivity contribution in [2.24, 2.45) is 0 Å². The molecular formula is C14H19N3O2S. The van der Waals surface area contributed by atoms with Crippen molar-refractivity contribution in [1.82, 2.24) is 14.5 Å². The van der Waals surface area contributed by atoms with Crippen molar-refractivity contribution in [1.29, 1.82) is 0 Å². The van der Waals surface area contributed by atoms with Gasteiger partial charge in [-0.25, -0.2) is 0 Å². The summed E-state index contributed by atoms with van der Waals surface area (Å²) in [7, 11) is 3.72. The number of aromatic nitrogens is 2. The van der Waals surface area contributed by atoms with Gasteiger partial charge in [-0.1, -0.05) is 4.49 Å². The number of methoxy groups -OCH3 is 1. The van der Waals surface area contributed by atoms with Gasteiger partial charge in [-0.05, 0) is 49.8 Å². The summed E-state index contributed by atoms with van der Waals surface area (Å²) in [6, 6.07) is 7.61. The van der Waals surface area contributed by atoms with Crippen molar-refractivity contribution in [3.8, 4) is 11.5 Å². The van der Waals surface area contributed by atoms with Gasteiger partial charge in [0.25, 0.3) is 0 Å². The number of rotatable bonds is 7. The molecule has 6 heteroatoms. The van der Waals surface area contributed by atoms with Crippen LogP contribution in [-0.2, 0) is 6.54 Å². The van der Waals surface area contributed by atoms with Crippen LogP contribution in [-0.4, -0.2) is 41.8 Å². The molecule has 0 saturated carbocycles. The van der Waals surface area contributed by atoms with E-state index in [-0.39, 0.29) is 0 Å². The Morgan fingerprint density at radius 2 is 1.90 bits per heavy atom. The van der Waals surface area contributed by atoms with Crippen LogP contribution in [0.1, 0.15) is 10.6 Å². The quantitative estimate of drug-likeness (QED) is 0.784. The van der Waals surface area contributed by atoms with Gasteiger partial charge >= 0.3 is 0 Å². The summed E-state index contributed by atoms with van der Waals surface area (Å²) in [6.07, 6.45) is 0. The first kappa shape index (κ1) is 14.7. The van der Waals surface area contributed by atoms with Crippen molar-refractivity contribution in [2.45, 2.75) is 13.5 Å². The van der Waals surface area contributed by atoms with Gasteiger partial charge in [0.2, 0.25) is 0 Å². The van der Waals surface area contributed by atoms with Gasteiger partial charge in [0.05, 0.1) is 17.7 Å². The molecule has 1 aromatic heterocycles. The largest absolute Gasteiger partial charge is 0.497 e. The molecule has 0 N–H and O–H groups in total. The average Bonchev–Trinajstić information content (AvgIpc) is 2.85. The van der Waals surface area contributed by atoms with Gasteiger partial charge in [0.1, 0.15) is 18.1 Å². The zero-order valence-electron chi connectivity index (χ0n) is 12.0. The van der Waals surface area contributed by atoms with Crippen LogP contribution < -0.4 is 9.47 Å². The lowest BCUT2D eigenvalue weighted by Gasteiger charge is -2.16. The van der Waals surface area contributed by atoms with Crippen LogP contribution in [0.5, 0.6) is 11.5 Å². The van der Waals surface area contributed by atoms with E-state index in [2.05, 4.69) is 21.5 Å². The summed E-state index contributed by atoms with van der Waals surface area (Å²) in [5.74, 6) is 1.69. The maximum atomic E-state index is 5.70. The molecule has 108 valence electrons. The molecular weight excluding hydrogens is 274 g/mol. The van der Waals surface area contributed by atoms with Crippen molar-refractivity contribution < 1.29 is 9.47 Å². The fourth-order valence-electron chi connectivity index (χ4n) is 1.71. The standard InChI is InChI=1S/C14H19N3O2S/c1-11-14(20-16-15-11)10-17(2)8-9-19-13-6-4-12(18-3)5-7-13/h4-7H,8-10H2,1-3H3. The van der Waals surface area contributed by atoms with Gasteiger partial charge in [-0.2, -0.15) is 0 Å². The molecule has 0 amide bonds. The number of benzene rings is 1. The van der Waals surface area contributed by atoms with E-state index >= 15 is 0 Å². The van der Waals surface area contributed by atoms with Gasteiger partial charge < -0.3 is 9.47 Å². The lowest BCUT2D eigenvalue weighted by Crippen LogP contribution is -2.23. The molecule has 0 unspecified atom stereocenters. The molecule has 0 aliphatic heterocycles. The zero-order chi connectivity index (χ0) is 14.4. The first-order valence-electron chi connectivity index (χ1n) is 6.42. The minimum Gasteiger partial charge on any atom is -0.497 e. The smallest absolute Gasteiger partial charge is 0.119 e. The Morgan fingerprint density at radius 3 is 2.50 bits per heavy atom. The third kappa shape index (κ3) is 4.18. The topological polar surface area (TPSA) is 47.5 Å². The highest BCUT2D eigenvalue weighted by Crippen LogP contribution is 2.17. The van der Waals surface area contributed by atoms with Crippen molar-refractivity contribution >= 4 is 11.5 Å². The predicted molar refractivity (Wildman–Crippen MR) is 79.5 cm³/mol. The Labute approximate surface area is 123 Å². The average molecular weight is 293 g/mol. The summed E-state index contributed by atoms with van der Waals surface area (Å²) in [5.41, 5.74) is 1.01. The molecule has 0 fully saturated rings. The molecule has 0 atom stereocenters. The number of likely N-dealkylation sites (N-methyl/N-ethyl adjacent to an activating group) is 1. The number of nitrogens with zero attached hydrogens (tertiary/aromatic N) is 3. The van der Waals surface area contributed by atoms with Crippen LogP contribution in [0.25, 0.3) is 0 Å². The van der Waals surface area contributed by atoms with Crippen LogP contribution in [0.4, 0.5) is 0 Å². The molecule has 0 aliphatic rings. The molecule has 2 rings (SSSR count). The summed E-state index contributed by atoms with van der Waals surface area (Å²) in [5, 5.41) is 4.01. The second kappa shape index (κ2) is 7.21. The third-order valence-electron chi connectivity index (χ3n) is 2.96. The minimum atomic E-state index is 0.647. The molecule has 2 aromatic rings. The predicted octanol–water partition coefficient (Wildman–Crippen LogP) is 2.37. The number of hydrogen-bond donors (Lipinski definition) is 0. The van der Waals surface area contributed by atoms with E-state index in [9.17, 15) is 0 Å². The summed E-state index contributed by atoms with van der Waals surface area (Å²) in [6.45, 7) is 4.34. The second-order valence-electron chi connectivity index (χ2n) is 4.54. The molecule has 0 spiro atoms. The Balaban J connectivity index is 1.73. The van der Waals surface area contributed by atoms with Crippen molar-refractivity contribution in [3.05, 3.63) is 34.8 Å². The Hall–Kier alpha value is -1.66. The van der Waals surface area contributed by atoms with Gasteiger partial charge in [0.15, 0.2) is 0 Å². The van der Waals surface area contributed by atoms with E-state index in [0.717, 1.165) is 30.3 Å². The molecule has 1 aromatic carbocycles.